The molecule has 0 bridgehead atoms. The molecule has 1 aromatic carbocycles. The Morgan fingerprint density at radius 2 is 2.15 bits per heavy atom. The van der Waals surface area contributed by atoms with Crippen molar-refractivity contribution < 1.29 is 0 Å². The van der Waals surface area contributed by atoms with Gasteiger partial charge in [0.25, 0.3) is 0 Å². The molecule has 0 saturated carbocycles. The van der Waals surface area contributed by atoms with Crippen LogP contribution < -0.4 is 5.32 Å². The number of hydrogen-bond donors (Lipinski definition) is 1. The first kappa shape index (κ1) is 15.5. The summed E-state index contributed by atoms with van der Waals surface area (Å²) in [5.74, 6) is 0.834. The fourth-order valence-corrected chi connectivity index (χ4v) is 3.16. The largest absolute Gasteiger partial charge is 0.316 e. The highest BCUT2D eigenvalue weighted by Crippen LogP contribution is 2.20. The van der Waals surface area contributed by atoms with Gasteiger partial charge in [-0.15, -0.1) is 0 Å². The van der Waals surface area contributed by atoms with E-state index in [1.165, 1.54) is 55.6 Å². The van der Waals surface area contributed by atoms with Gasteiger partial charge in [-0.05, 0) is 69.8 Å². The quantitative estimate of drug-likeness (QED) is 0.799. The molecule has 112 valence electrons. The third-order valence-corrected chi connectivity index (χ3v) is 4.36. The number of likely N-dealkylation sites (tertiary alicyclic amines) is 1. The monoisotopic (exact) mass is 274 g/mol. The van der Waals surface area contributed by atoms with E-state index >= 15 is 0 Å². The second-order valence-electron chi connectivity index (χ2n) is 6.38. The van der Waals surface area contributed by atoms with Crippen LogP contribution in [-0.4, -0.2) is 31.1 Å². The smallest absolute Gasteiger partial charge is 0.0236 e. The lowest BCUT2D eigenvalue weighted by atomic mass is 9.96. The minimum absolute atomic E-state index is 0.834. The molecular weight excluding hydrogens is 244 g/mol. The van der Waals surface area contributed by atoms with Gasteiger partial charge in [0.1, 0.15) is 0 Å². The molecule has 1 unspecified atom stereocenters. The SMILES string of the molecule is CCCNCC1CCCN(Cc2cc(C)ccc2C)C1. The van der Waals surface area contributed by atoms with Gasteiger partial charge >= 0.3 is 0 Å². The van der Waals surface area contributed by atoms with E-state index in [9.17, 15) is 0 Å². The standard InChI is InChI=1S/C18H30N2/c1-4-9-19-12-17-6-5-10-20(13-17)14-18-11-15(2)7-8-16(18)3/h7-8,11,17,19H,4-6,9-10,12-14H2,1-3H3. The van der Waals surface area contributed by atoms with Crippen LogP contribution in [0.3, 0.4) is 0 Å². The first-order valence-corrected chi connectivity index (χ1v) is 8.18. The van der Waals surface area contributed by atoms with Crippen LogP contribution in [-0.2, 0) is 6.54 Å². The minimum Gasteiger partial charge on any atom is -0.316 e. The normalized spacial score (nSPS) is 20.2. The summed E-state index contributed by atoms with van der Waals surface area (Å²) in [6, 6.07) is 6.83. The number of piperidine rings is 1. The maximum absolute atomic E-state index is 3.58. The molecule has 0 aromatic heterocycles. The average Bonchev–Trinajstić information content (AvgIpc) is 2.44. The van der Waals surface area contributed by atoms with Crippen LogP contribution in [0.5, 0.6) is 0 Å². The van der Waals surface area contributed by atoms with Gasteiger partial charge in [0.05, 0.1) is 0 Å². The lowest BCUT2D eigenvalue weighted by Crippen LogP contribution is -2.39. The summed E-state index contributed by atoms with van der Waals surface area (Å²) in [6.07, 6.45) is 3.97. The molecule has 0 aliphatic carbocycles. The zero-order chi connectivity index (χ0) is 14.4. The molecule has 1 aliphatic rings. The third kappa shape index (κ3) is 4.60. The van der Waals surface area contributed by atoms with Gasteiger partial charge in [0.2, 0.25) is 0 Å². The maximum Gasteiger partial charge on any atom is 0.0236 e. The fraction of sp³-hybridized carbons (Fsp3) is 0.667. The lowest BCUT2D eigenvalue weighted by molar-refractivity contribution is 0.165. The van der Waals surface area contributed by atoms with Crippen LogP contribution in [0, 0.1) is 19.8 Å². The molecule has 1 saturated heterocycles. The van der Waals surface area contributed by atoms with Crippen LogP contribution >= 0.6 is 0 Å². The molecule has 1 heterocycles. The first-order valence-electron chi connectivity index (χ1n) is 8.18. The van der Waals surface area contributed by atoms with Crippen LogP contribution in [0.25, 0.3) is 0 Å². The second-order valence-corrected chi connectivity index (χ2v) is 6.38. The van der Waals surface area contributed by atoms with Crippen molar-refractivity contribution in [3.05, 3.63) is 34.9 Å². The van der Waals surface area contributed by atoms with Gasteiger partial charge in [-0.3, -0.25) is 4.90 Å². The number of hydrogen-bond acceptors (Lipinski definition) is 2. The highest BCUT2D eigenvalue weighted by molar-refractivity contribution is 5.30. The Morgan fingerprint density at radius 1 is 1.30 bits per heavy atom. The molecule has 2 nitrogen and oxygen atoms in total. The molecule has 1 N–H and O–H groups in total. The lowest BCUT2D eigenvalue weighted by Gasteiger charge is -2.33. The molecule has 1 aromatic rings. The Morgan fingerprint density at radius 3 is 2.95 bits per heavy atom. The Hall–Kier alpha value is -0.860. The summed E-state index contributed by atoms with van der Waals surface area (Å²) in [6.45, 7) is 12.7. The van der Waals surface area contributed by atoms with Gasteiger partial charge < -0.3 is 5.32 Å². The Labute approximate surface area is 124 Å². The Balaban J connectivity index is 1.87. The van der Waals surface area contributed by atoms with Gasteiger partial charge in [-0.2, -0.15) is 0 Å². The molecule has 2 heteroatoms. The Bertz CT molecular complexity index is 414. The molecule has 1 atom stereocenters. The molecule has 2 rings (SSSR count). The molecule has 1 aliphatic heterocycles. The average molecular weight is 274 g/mol. The summed E-state index contributed by atoms with van der Waals surface area (Å²) in [5, 5.41) is 3.58. The van der Waals surface area contributed by atoms with E-state index in [-0.39, 0.29) is 0 Å². The highest BCUT2D eigenvalue weighted by atomic mass is 15.1. The topological polar surface area (TPSA) is 15.3 Å². The van der Waals surface area contributed by atoms with Gasteiger partial charge in [-0.25, -0.2) is 0 Å². The number of rotatable bonds is 6. The summed E-state index contributed by atoms with van der Waals surface area (Å²) in [5.41, 5.74) is 4.32. The molecule has 20 heavy (non-hydrogen) atoms. The summed E-state index contributed by atoms with van der Waals surface area (Å²) in [4.78, 5) is 2.64. The van der Waals surface area contributed by atoms with Crippen molar-refractivity contribution in [2.24, 2.45) is 5.92 Å². The molecule has 0 spiro atoms. The number of nitrogens with zero attached hydrogens (tertiary/aromatic N) is 1. The molecule has 0 amide bonds. The number of benzene rings is 1. The molecule has 0 radical (unpaired) electrons. The van der Waals surface area contributed by atoms with E-state index < -0.39 is 0 Å². The number of nitrogens with one attached hydrogen (secondary N) is 1. The Kier molecular flexibility index (Phi) is 6.06. The molecular formula is C18H30N2. The highest BCUT2D eigenvalue weighted by Gasteiger charge is 2.19. The van der Waals surface area contributed by atoms with Crippen LogP contribution in [0.1, 0.15) is 42.9 Å². The van der Waals surface area contributed by atoms with Gasteiger partial charge in [0.15, 0.2) is 0 Å². The van der Waals surface area contributed by atoms with E-state index in [0.29, 0.717) is 0 Å². The van der Waals surface area contributed by atoms with Crippen molar-refractivity contribution in [1.82, 2.24) is 10.2 Å². The van der Waals surface area contributed by atoms with Crippen molar-refractivity contribution in [1.29, 1.82) is 0 Å². The van der Waals surface area contributed by atoms with E-state index in [1.807, 2.05) is 0 Å². The van der Waals surface area contributed by atoms with Crippen molar-refractivity contribution in [3.63, 3.8) is 0 Å². The zero-order valence-corrected chi connectivity index (χ0v) is 13.4. The predicted octanol–water partition coefficient (Wildman–Crippen LogP) is 3.52. The zero-order valence-electron chi connectivity index (χ0n) is 13.4. The van der Waals surface area contributed by atoms with Crippen molar-refractivity contribution in [2.45, 2.75) is 46.6 Å². The van der Waals surface area contributed by atoms with E-state index in [2.05, 4.69) is 49.2 Å². The van der Waals surface area contributed by atoms with Gasteiger partial charge in [0, 0.05) is 13.1 Å². The van der Waals surface area contributed by atoms with E-state index in [4.69, 9.17) is 0 Å². The third-order valence-electron chi connectivity index (χ3n) is 4.36. The van der Waals surface area contributed by atoms with E-state index in [1.54, 1.807) is 0 Å². The van der Waals surface area contributed by atoms with Gasteiger partial charge in [-0.1, -0.05) is 30.7 Å². The number of aryl methyl sites for hydroxylation is 2. The fourth-order valence-electron chi connectivity index (χ4n) is 3.16. The first-order chi connectivity index (χ1) is 9.69. The van der Waals surface area contributed by atoms with E-state index in [0.717, 1.165) is 19.0 Å². The predicted molar refractivity (Wildman–Crippen MR) is 87.1 cm³/mol. The van der Waals surface area contributed by atoms with Crippen LogP contribution in [0.4, 0.5) is 0 Å². The summed E-state index contributed by atoms with van der Waals surface area (Å²) >= 11 is 0. The van der Waals surface area contributed by atoms with Crippen LogP contribution in [0.2, 0.25) is 0 Å². The molecule has 1 fully saturated rings. The summed E-state index contributed by atoms with van der Waals surface area (Å²) in [7, 11) is 0. The van der Waals surface area contributed by atoms with Crippen molar-refractivity contribution >= 4 is 0 Å². The maximum atomic E-state index is 3.58. The summed E-state index contributed by atoms with van der Waals surface area (Å²) < 4.78 is 0. The van der Waals surface area contributed by atoms with Crippen molar-refractivity contribution in [2.75, 3.05) is 26.2 Å². The van der Waals surface area contributed by atoms with Crippen molar-refractivity contribution in [3.8, 4) is 0 Å². The van der Waals surface area contributed by atoms with Crippen LogP contribution in [0.15, 0.2) is 18.2 Å². The minimum atomic E-state index is 0.834. The second kappa shape index (κ2) is 7.80.